The second kappa shape index (κ2) is 5.97. The fourth-order valence-corrected chi connectivity index (χ4v) is 7.77. The highest BCUT2D eigenvalue weighted by molar-refractivity contribution is 5.85. The van der Waals surface area contributed by atoms with E-state index in [-0.39, 0.29) is 23.6 Å². The predicted octanol–water partition coefficient (Wildman–Crippen LogP) is 3.62. The molecule has 0 aromatic rings. The van der Waals surface area contributed by atoms with Gasteiger partial charge >= 0.3 is 5.97 Å². The highest BCUT2D eigenvalue weighted by Crippen LogP contribution is 2.68. The summed E-state index contributed by atoms with van der Waals surface area (Å²) < 4.78 is 5.99. The van der Waals surface area contributed by atoms with E-state index in [0.717, 1.165) is 50.6 Å². The highest BCUT2D eigenvalue weighted by Gasteiger charge is 2.66. The molecule has 0 aromatic carbocycles. The monoisotopic (exact) mass is 369 g/mol. The largest absolute Gasteiger partial charge is 0.451 e. The summed E-state index contributed by atoms with van der Waals surface area (Å²) >= 11 is 0. The van der Waals surface area contributed by atoms with Gasteiger partial charge in [0.25, 0.3) is 0 Å². The zero-order chi connectivity index (χ0) is 18.8. The van der Waals surface area contributed by atoms with Crippen LogP contribution in [0.25, 0.3) is 0 Å². The van der Waals surface area contributed by atoms with E-state index in [9.17, 15) is 9.90 Å². The van der Waals surface area contributed by atoms with Gasteiger partial charge in [-0.1, -0.05) is 6.92 Å². The van der Waals surface area contributed by atoms with Gasteiger partial charge < -0.3 is 15.6 Å². The van der Waals surface area contributed by atoms with E-state index in [1.54, 1.807) is 6.08 Å². The normalized spacial score (nSPS) is 45.4. The third-order valence-electron chi connectivity index (χ3n) is 8.85. The Morgan fingerprint density at radius 3 is 2.81 bits per heavy atom. The molecule has 1 spiro atoms. The van der Waals surface area contributed by atoms with Gasteiger partial charge in [0, 0.05) is 17.2 Å². The summed E-state index contributed by atoms with van der Waals surface area (Å²) in [5.74, 6) is 2.23. The highest BCUT2D eigenvalue weighted by atomic mass is 16.6. The van der Waals surface area contributed by atoms with E-state index in [1.807, 2.05) is 0 Å². The third-order valence-corrected chi connectivity index (χ3v) is 8.85. The summed E-state index contributed by atoms with van der Waals surface area (Å²) in [7, 11) is 0. The van der Waals surface area contributed by atoms with E-state index in [0.29, 0.717) is 23.7 Å². The average Bonchev–Trinajstić information content (AvgIpc) is 3.22. The first-order chi connectivity index (χ1) is 13.0. The van der Waals surface area contributed by atoms with Crippen LogP contribution in [0.2, 0.25) is 0 Å². The lowest BCUT2D eigenvalue weighted by Crippen LogP contribution is -2.53. The second-order valence-corrected chi connectivity index (χ2v) is 9.45. The molecule has 1 heterocycles. The van der Waals surface area contributed by atoms with Crippen molar-refractivity contribution in [2.24, 2.45) is 34.8 Å². The van der Waals surface area contributed by atoms with Crippen molar-refractivity contribution < 1.29 is 14.6 Å². The number of aliphatic hydroxyl groups is 1. The molecular formula is C23H31NO3. The third kappa shape index (κ3) is 2.22. The SMILES string of the molecule is CC[C@]12CCC3C(CC(CO)=C4C=C(N)CC[C@@H]43)C1CC[C@@]21C=CC(=O)O1. The fraction of sp³-hybridized carbons (Fsp3) is 0.696. The fourth-order valence-electron chi connectivity index (χ4n) is 7.77. The van der Waals surface area contributed by atoms with Crippen LogP contribution in [-0.2, 0) is 9.53 Å². The quantitative estimate of drug-likeness (QED) is 0.729. The van der Waals surface area contributed by atoms with Gasteiger partial charge in [-0.15, -0.1) is 0 Å². The number of aliphatic hydroxyl groups excluding tert-OH is 1. The van der Waals surface area contributed by atoms with Crippen LogP contribution >= 0.6 is 0 Å². The van der Waals surface area contributed by atoms with Crippen molar-refractivity contribution in [3.05, 3.63) is 35.1 Å². The molecule has 0 amide bonds. The minimum absolute atomic E-state index is 0.0679. The van der Waals surface area contributed by atoms with Crippen molar-refractivity contribution in [1.82, 2.24) is 0 Å². The van der Waals surface area contributed by atoms with E-state index in [4.69, 9.17) is 10.5 Å². The molecule has 0 bridgehead atoms. The molecule has 4 nitrogen and oxygen atoms in total. The lowest BCUT2D eigenvalue weighted by atomic mass is 9.49. The molecule has 2 saturated carbocycles. The van der Waals surface area contributed by atoms with Crippen LogP contribution < -0.4 is 5.73 Å². The summed E-state index contributed by atoms with van der Waals surface area (Å²) in [4.78, 5) is 12.0. The molecule has 2 fully saturated rings. The number of rotatable bonds is 2. The Morgan fingerprint density at radius 2 is 2.11 bits per heavy atom. The summed E-state index contributed by atoms with van der Waals surface area (Å²) in [6.07, 6.45) is 14.5. The first-order valence-electron chi connectivity index (χ1n) is 10.7. The number of fused-ring (bicyclic) bond motifs is 6. The molecule has 0 aromatic heterocycles. The molecule has 27 heavy (non-hydrogen) atoms. The Kier molecular flexibility index (Phi) is 3.88. The van der Waals surface area contributed by atoms with Gasteiger partial charge in [-0.05, 0) is 98.3 Å². The van der Waals surface area contributed by atoms with E-state index >= 15 is 0 Å². The average molecular weight is 370 g/mol. The lowest BCUT2D eigenvalue weighted by Gasteiger charge is -2.56. The molecule has 3 unspecified atom stereocenters. The Labute approximate surface area is 161 Å². The van der Waals surface area contributed by atoms with Gasteiger partial charge in [0.05, 0.1) is 6.61 Å². The molecule has 0 saturated heterocycles. The van der Waals surface area contributed by atoms with Crippen LogP contribution in [-0.4, -0.2) is 23.3 Å². The Balaban J connectivity index is 1.55. The van der Waals surface area contributed by atoms with Gasteiger partial charge in [0.2, 0.25) is 0 Å². The number of hydrogen-bond acceptors (Lipinski definition) is 4. The van der Waals surface area contributed by atoms with Crippen molar-refractivity contribution in [2.45, 2.75) is 63.9 Å². The molecule has 5 aliphatic rings. The topological polar surface area (TPSA) is 72.5 Å². The maximum Gasteiger partial charge on any atom is 0.331 e. The number of nitrogens with two attached hydrogens (primary N) is 1. The molecule has 5 rings (SSSR count). The Morgan fingerprint density at radius 1 is 1.26 bits per heavy atom. The summed E-state index contributed by atoms with van der Waals surface area (Å²) in [6.45, 7) is 2.42. The Hall–Kier alpha value is -1.55. The Bertz CT molecular complexity index is 766. The van der Waals surface area contributed by atoms with Crippen molar-refractivity contribution in [2.75, 3.05) is 6.61 Å². The van der Waals surface area contributed by atoms with Gasteiger partial charge in [-0.2, -0.15) is 0 Å². The molecule has 0 radical (unpaired) electrons. The maximum absolute atomic E-state index is 12.0. The van der Waals surface area contributed by atoms with Gasteiger partial charge in [-0.3, -0.25) is 0 Å². The van der Waals surface area contributed by atoms with E-state index in [1.165, 1.54) is 17.6 Å². The molecule has 1 aliphatic heterocycles. The van der Waals surface area contributed by atoms with Gasteiger partial charge in [0.1, 0.15) is 5.60 Å². The van der Waals surface area contributed by atoms with Crippen molar-refractivity contribution in [1.29, 1.82) is 0 Å². The molecule has 4 aliphatic carbocycles. The first-order valence-corrected chi connectivity index (χ1v) is 10.7. The molecule has 146 valence electrons. The number of allylic oxidation sites excluding steroid dienone is 3. The second-order valence-electron chi connectivity index (χ2n) is 9.45. The zero-order valence-corrected chi connectivity index (χ0v) is 16.2. The predicted molar refractivity (Wildman–Crippen MR) is 103 cm³/mol. The van der Waals surface area contributed by atoms with Crippen LogP contribution in [0.4, 0.5) is 0 Å². The summed E-state index contributed by atoms with van der Waals surface area (Å²) in [5, 5.41) is 10.1. The van der Waals surface area contributed by atoms with E-state index < -0.39 is 0 Å². The minimum atomic E-state index is -0.380. The molecule has 3 N–H and O–H groups in total. The molecule has 6 atom stereocenters. The van der Waals surface area contributed by atoms with Crippen molar-refractivity contribution in [3.8, 4) is 0 Å². The van der Waals surface area contributed by atoms with Crippen LogP contribution in [0.3, 0.4) is 0 Å². The molecule has 4 heteroatoms. The maximum atomic E-state index is 12.0. The lowest BCUT2D eigenvalue weighted by molar-refractivity contribution is -0.163. The van der Waals surface area contributed by atoms with Crippen LogP contribution in [0.1, 0.15) is 58.3 Å². The van der Waals surface area contributed by atoms with Crippen LogP contribution in [0, 0.1) is 29.1 Å². The number of carbonyl (C=O) groups excluding carboxylic acids is 1. The number of carbonyl (C=O) groups is 1. The van der Waals surface area contributed by atoms with Crippen LogP contribution in [0.15, 0.2) is 35.1 Å². The summed E-state index contributed by atoms with van der Waals surface area (Å²) in [5.41, 5.74) is 9.33. The standard InChI is InChI=1S/C23H31NO3/c1-2-22-8-5-17-16-4-3-15(24)12-18(16)14(13-25)11-19(17)20(22)6-9-23(22)10-7-21(26)27-23/h7,10,12,16-17,19-20,25H,2-6,8-9,11,13,24H2,1H3/t16-,17?,19?,20?,22+,23-/m1/s1. The minimum Gasteiger partial charge on any atom is -0.451 e. The van der Waals surface area contributed by atoms with Crippen molar-refractivity contribution >= 4 is 5.97 Å². The van der Waals surface area contributed by atoms with Crippen molar-refractivity contribution in [3.63, 3.8) is 0 Å². The zero-order valence-electron chi connectivity index (χ0n) is 16.2. The van der Waals surface area contributed by atoms with Crippen LogP contribution in [0.5, 0.6) is 0 Å². The number of ether oxygens (including phenoxy) is 1. The molecular weight excluding hydrogens is 338 g/mol. The first kappa shape index (κ1) is 17.5. The van der Waals surface area contributed by atoms with Gasteiger partial charge in [0.15, 0.2) is 0 Å². The number of esters is 1. The smallest absolute Gasteiger partial charge is 0.331 e. The van der Waals surface area contributed by atoms with E-state index in [2.05, 4.69) is 19.1 Å². The summed E-state index contributed by atoms with van der Waals surface area (Å²) in [6, 6.07) is 0. The number of hydrogen-bond donors (Lipinski definition) is 2. The van der Waals surface area contributed by atoms with Gasteiger partial charge in [-0.25, -0.2) is 4.79 Å².